The molecule has 6 aromatic carbocycles. The van der Waals surface area contributed by atoms with E-state index in [0.717, 1.165) is 72.3 Å². The van der Waals surface area contributed by atoms with E-state index < -0.39 is 0 Å². The third-order valence-corrected chi connectivity index (χ3v) is 7.97. The van der Waals surface area contributed by atoms with E-state index in [9.17, 15) is 4.39 Å². The van der Waals surface area contributed by atoms with Crippen LogP contribution >= 0.6 is 0 Å². The number of furan rings is 1. The Balaban J connectivity index is 1.28. The van der Waals surface area contributed by atoms with E-state index in [-0.39, 0.29) is 5.82 Å². The van der Waals surface area contributed by atoms with Crippen molar-refractivity contribution in [1.29, 1.82) is 0 Å². The molecule has 0 amide bonds. The zero-order valence-corrected chi connectivity index (χ0v) is 23.6. The Kier molecular flexibility index (Phi) is 6.31. The largest absolute Gasteiger partial charge is 0.455 e. The second-order valence-corrected chi connectivity index (χ2v) is 10.8. The van der Waals surface area contributed by atoms with Crippen LogP contribution < -0.4 is 0 Å². The summed E-state index contributed by atoms with van der Waals surface area (Å²) in [6.45, 7) is 0. The monoisotopic (exact) mass is 568 g/mol. The average molecular weight is 569 g/mol. The lowest BCUT2D eigenvalue weighted by Crippen LogP contribution is -1.96. The second kappa shape index (κ2) is 10.8. The number of benzene rings is 6. The Morgan fingerprint density at radius 1 is 0.432 bits per heavy atom. The van der Waals surface area contributed by atoms with E-state index in [2.05, 4.69) is 72.8 Å². The predicted octanol–water partition coefficient (Wildman–Crippen LogP) is 10.9. The van der Waals surface area contributed by atoms with E-state index in [1.807, 2.05) is 54.6 Å². The fraction of sp³-hybridized carbons (Fsp3) is 0. The molecule has 0 unspecified atom stereocenters. The van der Waals surface area contributed by atoms with Crippen LogP contribution in [0.15, 0.2) is 156 Å². The molecule has 44 heavy (non-hydrogen) atoms. The normalized spacial score (nSPS) is 11.3. The summed E-state index contributed by atoms with van der Waals surface area (Å²) in [6.07, 6.45) is 0. The van der Waals surface area contributed by atoms with Crippen molar-refractivity contribution in [2.45, 2.75) is 0 Å². The highest BCUT2D eigenvalue weighted by atomic mass is 19.1. The van der Waals surface area contributed by atoms with Crippen LogP contribution in [0.1, 0.15) is 0 Å². The third-order valence-electron chi connectivity index (χ3n) is 7.97. The molecular formula is C40H25FN2O. The minimum Gasteiger partial charge on any atom is -0.455 e. The molecule has 0 aliphatic heterocycles. The number of fused-ring (bicyclic) bond motifs is 3. The van der Waals surface area contributed by atoms with Crippen molar-refractivity contribution in [2.24, 2.45) is 0 Å². The predicted molar refractivity (Wildman–Crippen MR) is 176 cm³/mol. The first kappa shape index (κ1) is 25.8. The maximum Gasteiger partial charge on any atom is 0.160 e. The molecule has 0 spiro atoms. The van der Waals surface area contributed by atoms with Crippen molar-refractivity contribution in [3.63, 3.8) is 0 Å². The van der Waals surface area contributed by atoms with Gasteiger partial charge < -0.3 is 4.42 Å². The summed E-state index contributed by atoms with van der Waals surface area (Å²) in [6, 6.07) is 49.7. The lowest BCUT2D eigenvalue weighted by atomic mass is 9.98. The van der Waals surface area contributed by atoms with Crippen LogP contribution in [0.25, 0.3) is 78.1 Å². The summed E-state index contributed by atoms with van der Waals surface area (Å²) < 4.78 is 20.2. The fourth-order valence-corrected chi connectivity index (χ4v) is 5.78. The van der Waals surface area contributed by atoms with Crippen LogP contribution in [0.3, 0.4) is 0 Å². The van der Waals surface area contributed by atoms with Gasteiger partial charge in [-0.3, -0.25) is 0 Å². The molecule has 0 aliphatic carbocycles. The summed E-state index contributed by atoms with van der Waals surface area (Å²) in [4.78, 5) is 9.95. The van der Waals surface area contributed by atoms with Crippen LogP contribution in [0.4, 0.5) is 4.39 Å². The Hall–Kier alpha value is -5.87. The summed E-state index contributed by atoms with van der Waals surface area (Å²) >= 11 is 0. The van der Waals surface area contributed by atoms with Gasteiger partial charge in [0.25, 0.3) is 0 Å². The van der Waals surface area contributed by atoms with Crippen LogP contribution in [0.2, 0.25) is 0 Å². The van der Waals surface area contributed by atoms with Crippen molar-refractivity contribution >= 4 is 21.9 Å². The minimum absolute atomic E-state index is 0.298. The Morgan fingerprint density at radius 3 is 1.80 bits per heavy atom. The molecule has 0 saturated heterocycles. The Morgan fingerprint density at radius 2 is 1.02 bits per heavy atom. The number of halogens is 1. The number of aromatic nitrogens is 2. The fourth-order valence-electron chi connectivity index (χ4n) is 5.78. The topological polar surface area (TPSA) is 38.9 Å². The first-order chi connectivity index (χ1) is 21.7. The molecule has 8 rings (SSSR count). The van der Waals surface area contributed by atoms with Crippen molar-refractivity contribution in [3.8, 4) is 56.2 Å². The van der Waals surface area contributed by atoms with Gasteiger partial charge in [-0.25, -0.2) is 14.4 Å². The quantitative estimate of drug-likeness (QED) is 0.207. The van der Waals surface area contributed by atoms with E-state index >= 15 is 0 Å². The van der Waals surface area contributed by atoms with Gasteiger partial charge in [0.05, 0.1) is 11.4 Å². The Bertz CT molecular complexity index is 2290. The molecule has 8 aromatic rings. The third kappa shape index (κ3) is 4.73. The maximum absolute atomic E-state index is 13.8. The molecule has 3 nitrogen and oxygen atoms in total. The number of nitrogens with zero attached hydrogens (tertiary/aromatic N) is 2. The summed E-state index contributed by atoms with van der Waals surface area (Å²) in [5, 5.41) is 2.19. The van der Waals surface area contributed by atoms with Gasteiger partial charge in [0.1, 0.15) is 17.0 Å². The van der Waals surface area contributed by atoms with Gasteiger partial charge in [0, 0.05) is 33.0 Å². The van der Waals surface area contributed by atoms with E-state index in [1.54, 1.807) is 12.1 Å². The minimum atomic E-state index is -0.298. The number of rotatable bonds is 5. The summed E-state index contributed by atoms with van der Waals surface area (Å²) in [5.41, 5.74) is 10.2. The van der Waals surface area contributed by atoms with Gasteiger partial charge in [-0.15, -0.1) is 0 Å². The van der Waals surface area contributed by atoms with Crippen LogP contribution in [0, 0.1) is 5.82 Å². The zero-order valence-electron chi connectivity index (χ0n) is 23.6. The van der Waals surface area contributed by atoms with Crippen LogP contribution in [-0.2, 0) is 0 Å². The van der Waals surface area contributed by atoms with Crippen LogP contribution in [-0.4, -0.2) is 9.97 Å². The molecule has 0 bridgehead atoms. The Labute approximate surface area is 253 Å². The van der Waals surface area contributed by atoms with E-state index in [1.165, 1.54) is 12.1 Å². The van der Waals surface area contributed by atoms with Crippen molar-refractivity contribution in [3.05, 3.63) is 157 Å². The molecule has 4 heteroatoms. The molecule has 0 N–H and O–H groups in total. The molecule has 2 heterocycles. The summed E-state index contributed by atoms with van der Waals surface area (Å²) in [7, 11) is 0. The number of hydrogen-bond donors (Lipinski definition) is 0. The van der Waals surface area contributed by atoms with Gasteiger partial charge in [-0.1, -0.05) is 103 Å². The summed E-state index contributed by atoms with van der Waals surface area (Å²) in [5.74, 6) is 0.237. The van der Waals surface area contributed by atoms with Gasteiger partial charge >= 0.3 is 0 Å². The van der Waals surface area contributed by atoms with Crippen molar-refractivity contribution in [1.82, 2.24) is 9.97 Å². The first-order valence-corrected chi connectivity index (χ1v) is 14.5. The van der Waals surface area contributed by atoms with Gasteiger partial charge in [-0.05, 0) is 65.2 Å². The van der Waals surface area contributed by atoms with E-state index in [4.69, 9.17) is 14.4 Å². The van der Waals surface area contributed by atoms with Crippen molar-refractivity contribution < 1.29 is 8.81 Å². The maximum atomic E-state index is 13.8. The number of hydrogen-bond acceptors (Lipinski definition) is 3. The van der Waals surface area contributed by atoms with Gasteiger partial charge in [0.2, 0.25) is 0 Å². The molecule has 208 valence electrons. The highest BCUT2D eigenvalue weighted by Crippen LogP contribution is 2.37. The smallest absolute Gasteiger partial charge is 0.160 e. The van der Waals surface area contributed by atoms with Crippen LogP contribution in [0.5, 0.6) is 0 Å². The molecule has 0 radical (unpaired) electrons. The lowest BCUT2D eigenvalue weighted by molar-refractivity contribution is 0.628. The van der Waals surface area contributed by atoms with Gasteiger partial charge in [0.15, 0.2) is 5.82 Å². The van der Waals surface area contributed by atoms with E-state index in [0.29, 0.717) is 5.82 Å². The molecule has 2 aromatic heterocycles. The second-order valence-electron chi connectivity index (χ2n) is 10.8. The standard InChI is InChI=1S/C40H25FN2O/c41-32-21-19-27(20-22-32)40-42-36(30-13-6-11-28(23-30)26-9-2-1-3-10-26)25-37(43-40)31-14-7-12-29(24-31)33-16-8-17-35-34-15-4-5-18-38(34)44-39(33)35/h1-25H. The lowest BCUT2D eigenvalue weighted by Gasteiger charge is -2.12. The molecular weight excluding hydrogens is 543 g/mol. The molecule has 0 aliphatic rings. The SMILES string of the molecule is Fc1ccc(-c2nc(-c3cccc(-c4ccccc4)c3)cc(-c3cccc(-c4cccc5c4oc4ccccc45)c3)n2)cc1. The molecule has 0 fully saturated rings. The van der Waals surface area contributed by atoms with Gasteiger partial charge in [-0.2, -0.15) is 0 Å². The average Bonchev–Trinajstić information content (AvgIpc) is 3.48. The number of para-hydroxylation sites is 2. The molecule has 0 atom stereocenters. The highest BCUT2D eigenvalue weighted by molar-refractivity contribution is 6.09. The first-order valence-electron chi connectivity index (χ1n) is 14.5. The highest BCUT2D eigenvalue weighted by Gasteiger charge is 2.15. The zero-order chi connectivity index (χ0) is 29.5. The van der Waals surface area contributed by atoms with Crippen molar-refractivity contribution in [2.75, 3.05) is 0 Å². The molecule has 0 saturated carbocycles.